The third kappa shape index (κ3) is 8.54. The fourth-order valence-corrected chi connectivity index (χ4v) is 6.38. The van der Waals surface area contributed by atoms with Gasteiger partial charge in [0.1, 0.15) is 79.4 Å². The van der Waals surface area contributed by atoms with Crippen molar-refractivity contribution in [3.05, 3.63) is 0 Å². The van der Waals surface area contributed by atoms with Gasteiger partial charge < -0.3 is 113 Å². The van der Waals surface area contributed by atoms with Crippen LogP contribution >= 0.6 is 0 Å². The molecule has 3 aliphatic heterocycles. The maximum absolute atomic E-state index is 12.7. The van der Waals surface area contributed by atoms with Crippen molar-refractivity contribution in [2.45, 2.75) is 135 Å². The monoisotopic (exact) mass is 732 g/mol. The fourth-order valence-electron chi connectivity index (χ4n) is 6.38. The molecule has 1 amide bonds. The molecule has 292 valence electrons. The minimum Gasteiger partial charge on any atom is -0.394 e. The number of aliphatic hydroxyl groups excluding tert-OH is 10. The quantitative estimate of drug-likeness (QED) is 0.0835. The summed E-state index contributed by atoms with van der Waals surface area (Å²) in [6, 6.07) is -5.18. The normalized spacial score (nSPS) is 48.3. The van der Waals surface area contributed by atoms with E-state index in [1.54, 1.807) is 0 Å². The van der Waals surface area contributed by atoms with Crippen LogP contribution in [0.15, 0.2) is 0 Å². The molecular formula is C27H52N6O17. The van der Waals surface area contributed by atoms with E-state index in [9.17, 15) is 55.9 Å². The smallest absolute Gasteiger partial charge is 0.251 e. The van der Waals surface area contributed by atoms with Gasteiger partial charge >= 0.3 is 0 Å². The van der Waals surface area contributed by atoms with Gasteiger partial charge in [0.05, 0.1) is 31.3 Å². The fraction of sp³-hybridized carbons (Fsp3) is 0.963. The van der Waals surface area contributed by atoms with Crippen LogP contribution in [0.1, 0.15) is 6.42 Å². The van der Waals surface area contributed by atoms with Crippen molar-refractivity contribution in [1.82, 2.24) is 5.32 Å². The Kier molecular flexibility index (Phi) is 14.6. The van der Waals surface area contributed by atoms with Crippen LogP contribution in [0.3, 0.4) is 0 Å². The maximum Gasteiger partial charge on any atom is 0.251 e. The molecule has 4 aliphatic rings. The molecule has 21 atom stereocenters. The van der Waals surface area contributed by atoms with Crippen molar-refractivity contribution in [3.8, 4) is 0 Å². The van der Waals surface area contributed by atoms with Gasteiger partial charge in [-0.2, -0.15) is 0 Å². The van der Waals surface area contributed by atoms with E-state index in [0.29, 0.717) is 0 Å². The molecule has 0 aromatic carbocycles. The first-order valence-electron chi connectivity index (χ1n) is 16.2. The maximum atomic E-state index is 12.7. The SMILES string of the molecule is NC[C@@H]1O[C@H](O[C@H]2[C@@H](O)[C@H](O[C@@H]3[C@@H](O)[C@H](NC(=O)[C@@H](O)[C@@H](O)CN)C[C@H](N)[C@H]3O[C@H]3O[C@H](CO)[C@@H](O)[C@H](O)[C@H]3N)O[C@@H]2CO)[C@H](N)[C@@H](O)[C@@H]1O. The highest BCUT2D eigenvalue weighted by Gasteiger charge is 2.55. The van der Waals surface area contributed by atoms with E-state index in [1.807, 2.05) is 0 Å². The van der Waals surface area contributed by atoms with Gasteiger partial charge in [0.15, 0.2) is 25.0 Å². The Balaban J connectivity index is 1.58. The van der Waals surface area contributed by atoms with E-state index in [2.05, 4.69) is 5.32 Å². The van der Waals surface area contributed by atoms with Gasteiger partial charge in [-0.3, -0.25) is 4.79 Å². The van der Waals surface area contributed by atoms with Crippen LogP contribution in [0.2, 0.25) is 0 Å². The highest BCUT2D eigenvalue weighted by molar-refractivity contribution is 5.81. The summed E-state index contributed by atoms with van der Waals surface area (Å²) in [4.78, 5) is 12.7. The highest BCUT2D eigenvalue weighted by Crippen LogP contribution is 2.34. The van der Waals surface area contributed by atoms with Gasteiger partial charge in [0, 0.05) is 19.1 Å². The third-order valence-corrected chi connectivity index (χ3v) is 9.48. The van der Waals surface area contributed by atoms with Crippen LogP contribution < -0.4 is 34.0 Å². The molecule has 23 nitrogen and oxygen atoms in total. The summed E-state index contributed by atoms with van der Waals surface area (Å²) in [6.07, 6.45) is -26.6. The first-order chi connectivity index (χ1) is 23.6. The molecule has 23 heteroatoms. The Hall–Kier alpha value is -1.37. The average Bonchev–Trinajstić information content (AvgIpc) is 3.40. The first-order valence-corrected chi connectivity index (χ1v) is 16.2. The summed E-state index contributed by atoms with van der Waals surface area (Å²) in [7, 11) is 0. The lowest BCUT2D eigenvalue weighted by Crippen LogP contribution is -2.69. The second-order valence-electron chi connectivity index (χ2n) is 12.9. The van der Waals surface area contributed by atoms with Crippen molar-refractivity contribution in [2.24, 2.45) is 28.7 Å². The van der Waals surface area contributed by atoms with Gasteiger partial charge in [-0.25, -0.2) is 0 Å². The van der Waals surface area contributed by atoms with Crippen molar-refractivity contribution >= 4 is 5.91 Å². The number of nitrogens with one attached hydrogen (secondary N) is 1. The molecule has 0 aromatic rings. The Morgan fingerprint density at radius 3 is 1.72 bits per heavy atom. The van der Waals surface area contributed by atoms with E-state index < -0.39 is 154 Å². The van der Waals surface area contributed by atoms with E-state index in [4.69, 9.17) is 57.1 Å². The number of carbonyl (C=O) groups excluding carboxylic acids is 1. The number of hydrogen-bond acceptors (Lipinski definition) is 22. The van der Waals surface area contributed by atoms with Crippen molar-refractivity contribution in [2.75, 3.05) is 26.3 Å². The lowest BCUT2D eigenvalue weighted by molar-refractivity contribution is -0.311. The standard InChI is InChI=1S/C27H52N6O17/c28-2-8(36)15(38)24(44)33-7-1-6(30)21(48-26-13(32)19(42)17(40)10(4-34)46-26)23(14(7)37)50-27-20(43)22(11(5-35)47-27)49-25-12(31)18(41)16(39)9(3-29)45-25/h6-23,25-27,34-43H,1-5,28-32H2,(H,33,44)/t6-,7+,8-,9-,10+,11+,12+,13+,14-,15-,16+,17+,18+,19+,20+,21+,22+,23+,25+,26+,27-/m0/s1. The van der Waals surface area contributed by atoms with Gasteiger partial charge in [-0.1, -0.05) is 0 Å². The van der Waals surface area contributed by atoms with E-state index in [0.717, 1.165) is 0 Å². The van der Waals surface area contributed by atoms with Crippen LogP contribution in [0.5, 0.6) is 0 Å². The number of ether oxygens (including phenoxy) is 6. The molecule has 1 saturated carbocycles. The number of carbonyl (C=O) groups is 1. The molecule has 3 heterocycles. The molecule has 3 saturated heterocycles. The van der Waals surface area contributed by atoms with E-state index >= 15 is 0 Å². The second-order valence-corrected chi connectivity index (χ2v) is 12.9. The average molecular weight is 733 g/mol. The molecule has 4 rings (SSSR count). The van der Waals surface area contributed by atoms with Gasteiger partial charge in [-0.05, 0) is 6.42 Å². The van der Waals surface area contributed by atoms with Crippen LogP contribution in [-0.2, 0) is 33.2 Å². The van der Waals surface area contributed by atoms with Crippen LogP contribution in [0.25, 0.3) is 0 Å². The van der Waals surface area contributed by atoms with Crippen molar-refractivity contribution in [1.29, 1.82) is 0 Å². The Labute approximate surface area is 285 Å². The van der Waals surface area contributed by atoms with Crippen LogP contribution in [-0.4, -0.2) is 212 Å². The second kappa shape index (κ2) is 17.6. The Morgan fingerprint density at radius 2 is 1.18 bits per heavy atom. The molecular weight excluding hydrogens is 680 g/mol. The van der Waals surface area contributed by atoms with Gasteiger partial charge in [0.2, 0.25) is 0 Å². The summed E-state index contributed by atoms with van der Waals surface area (Å²) in [5, 5.41) is 106. The largest absolute Gasteiger partial charge is 0.394 e. The molecule has 50 heavy (non-hydrogen) atoms. The zero-order chi connectivity index (χ0) is 37.2. The first kappa shape index (κ1) is 41.4. The topological polar surface area (TPSA) is 417 Å². The predicted molar refractivity (Wildman–Crippen MR) is 161 cm³/mol. The number of aliphatic hydroxyl groups is 10. The van der Waals surface area contributed by atoms with Crippen molar-refractivity contribution < 1.29 is 84.3 Å². The number of hydrogen-bond donors (Lipinski definition) is 16. The van der Waals surface area contributed by atoms with Crippen LogP contribution in [0, 0.1) is 0 Å². The Bertz CT molecular complexity index is 1090. The minimum absolute atomic E-state index is 0.228. The lowest BCUT2D eigenvalue weighted by Gasteiger charge is -2.48. The van der Waals surface area contributed by atoms with Crippen molar-refractivity contribution in [3.63, 3.8) is 0 Å². The molecule has 21 N–H and O–H groups in total. The van der Waals surface area contributed by atoms with E-state index in [-0.39, 0.29) is 13.0 Å². The molecule has 0 radical (unpaired) electrons. The highest BCUT2D eigenvalue weighted by atomic mass is 16.8. The summed E-state index contributed by atoms with van der Waals surface area (Å²) >= 11 is 0. The van der Waals surface area contributed by atoms with Gasteiger partial charge in [-0.15, -0.1) is 0 Å². The molecule has 4 fully saturated rings. The zero-order valence-corrected chi connectivity index (χ0v) is 26.9. The summed E-state index contributed by atoms with van der Waals surface area (Å²) in [5.41, 5.74) is 29.4. The zero-order valence-electron chi connectivity index (χ0n) is 26.9. The lowest BCUT2D eigenvalue weighted by atomic mass is 9.83. The minimum atomic E-state index is -1.98. The van der Waals surface area contributed by atoms with Crippen LogP contribution in [0.4, 0.5) is 0 Å². The summed E-state index contributed by atoms with van der Waals surface area (Å²) in [6.45, 7) is -2.18. The predicted octanol–water partition coefficient (Wildman–Crippen LogP) is -11.0. The Morgan fingerprint density at radius 1 is 0.680 bits per heavy atom. The molecule has 1 aliphatic carbocycles. The molecule has 0 unspecified atom stereocenters. The number of nitrogens with two attached hydrogens (primary N) is 5. The molecule has 0 spiro atoms. The molecule has 0 bridgehead atoms. The summed E-state index contributed by atoms with van der Waals surface area (Å²) in [5.74, 6) is -1.12. The number of amides is 1. The number of rotatable bonds is 13. The molecule has 0 aromatic heterocycles. The summed E-state index contributed by atoms with van der Waals surface area (Å²) < 4.78 is 34.6. The van der Waals surface area contributed by atoms with Gasteiger partial charge in [0.25, 0.3) is 5.91 Å². The third-order valence-electron chi connectivity index (χ3n) is 9.48. The van der Waals surface area contributed by atoms with E-state index in [1.165, 1.54) is 0 Å².